The Morgan fingerprint density at radius 2 is 2.21 bits per heavy atom. The van der Waals surface area contributed by atoms with Gasteiger partial charge in [0.25, 0.3) is 0 Å². The normalized spacial score (nSPS) is 27.1. The first-order valence-electron chi connectivity index (χ1n) is 7.44. The van der Waals surface area contributed by atoms with Crippen molar-refractivity contribution in [3.8, 4) is 0 Å². The monoisotopic (exact) mass is 267 g/mol. The smallest absolute Gasteiger partial charge is 0.242 e. The highest BCUT2D eigenvalue weighted by atomic mass is 16.2. The van der Waals surface area contributed by atoms with Gasteiger partial charge < -0.3 is 15.5 Å². The summed E-state index contributed by atoms with van der Waals surface area (Å²) in [5.74, 6) is 0.632. The lowest BCUT2D eigenvalue weighted by Gasteiger charge is -2.33. The van der Waals surface area contributed by atoms with E-state index in [0.29, 0.717) is 25.4 Å². The number of likely N-dealkylation sites (N-methyl/N-ethyl adjacent to an activating group) is 1. The Balaban J connectivity index is 1.96. The zero-order valence-electron chi connectivity index (χ0n) is 11.8. The predicted molar refractivity (Wildman–Crippen MR) is 73.4 cm³/mol. The number of hydrogen-bond acceptors (Lipinski definition) is 3. The topological polar surface area (TPSA) is 66.6 Å². The average Bonchev–Trinajstić information content (AvgIpc) is 3.00. The molecule has 2 amide bonds. The van der Waals surface area contributed by atoms with E-state index < -0.39 is 0 Å². The van der Waals surface area contributed by atoms with Crippen LogP contribution in [0.1, 0.15) is 39.0 Å². The third-order valence-electron chi connectivity index (χ3n) is 4.48. The zero-order valence-corrected chi connectivity index (χ0v) is 11.8. The maximum atomic E-state index is 12.4. The maximum Gasteiger partial charge on any atom is 0.242 e. The Labute approximate surface area is 115 Å². The predicted octanol–water partition coefficient (Wildman–Crippen LogP) is 0.585. The largest absolute Gasteiger partial charge is 0.338 e. The van der Waals surface area contributed by atoms with Crippen molar-refractivity contribution in [1.82, 2.24) is 9.80 Å². The van der Waals surface area contributed by atoms with Crippen molar-refractivity contribution < 1.29 is 9.59 Å². The van der Waals surface area contributed by atoms with Crippen molar-refractivity contribution >= 4 is 11.8 Å². The molecule has 5 nitrogen and oxygen atoms in total. The van der Waals surface area contributed by atoms with Gasteiger partial charge in [0, 0.05) is 25.6 Å². The number of rotatable bonds is 5. The minimum atomic E-state index is 0.0862. The Kier molecular flexibility index (Phi) is 4.80. The first kappa shape index (κ1) is 14.3. The molecular formula is C14H25N3O2. The van der Waals surface area contributed by atoms with E-state index in [1.165, 1.54) is 0 Å². The molecule has 1 aliphatic heterocycles. The third-order valence-corrected chi connectivity index (χ3v) is 4.48. The molecule has 0 aromatic rings. The number of nitrogens with two attached hydrogens (primary N) is 1. The molecule has 2 fully saturated rings. The summed E-state index contributed by atoms with van der Waals surface area (Å²) < 4.78 is 0. The molecule has 1 saturated carbocycles. The molecule has 1 heterocycles. The molecule has 2 aliphatic rings. The lowest BCUT2D eigenvalue weighted by atomic mass is 10.0. The van der Waals surface area contributed by atoms with Crippen LogP contribution < -0.4 is 5.73 Å². The van der Waals surface area contributed by atoms with Gasteiger partial charge in [0.15, 0.2) is 0 Å². The summed E-state index contributed by atoms with van der Waals surface area (Å²) in [5.41, 5.74) is 5.80. The lowest BCUT2D eigenvalue weighted by Crippen LogP contribution is -2.48. The van der Waals surface area contributed by atoms with Crippen LogP contribution in [0, 0.1) is 5.92 Å². The van der Waals surface area contributed by atoms with Crippen LogP contribution in [0.3, 0.4) is 0 Å². The van der Waals surface area contributed by atoms with E-state index in [0.717, 1.165) is 32.2 Å². The van der Waals surface area contributed by atoms with E-state index in [9.17, 15) is 9.59 Å². The Bertz CT molecular complexity index is 346. The van der Waals surface area contributed by atoms with Gasteiger partial charge in [-0.05, 0) is 38.6 Å². The molecule has 0 spiro atoms. The van der Waals surface area contributed by atoms with Gasteiger partial charge in [0.05, 0.1) is 6.54 Å². The van der Waals surface area contributed by atoms with E-state index in [1.807, 2.05) is 11.8 Å². The summed E-state index contributed by atoms with van der Waals surface area (Å²) in [6.45, 7) is 4.35. The summed E-state index contributed by atoms with van der Waals surface area (Å²) in [5, 5.41) is 0. The summed E-state index contributed by atoms with van der Waals surface area (Å²) in [7, 11) is 0. The van der Waals surface area contributed by atoms with Crippen molar-refractivity contribution in [2.75, 3.05) is 26.2 Å². The van der Waals surface area contributed by atoms with E-state index >= 15 is 0 Å². The first-order chi connectivity index (χ1) is 9.17. The molecule has 0 aromatic heterocycles. The number of carbonyl (C=O) groups is 2. The second kappa shape index (κ2) is 6.37. The van der Waals surface area contributed by atoms with Crippen LogP contribution in [0.15, 0.2) is 0 Å². The molecule has 108 valence electrons. The molecule has 1 saturated heterocycles. The fourth-order valence-electron chi connectivity index (χ4n) is 3.42. The molecule has 0 aromatic carbocycles. The standard InChI is InChI=1S/C14H25N3O2/c1-2-17(12-6-3-5-11(12)9-15)14(19)10-16-8-4-7-13(16)18/h11-12H,2-10,15H2,1H3. The zero-order chi connectivity index (χ0) is 13.8. The molecular weight excluding hydrogens is 242 g/mol. The number of carbonyl (C=O) groups excluding carboxylic acids is 2. The molecule has 1 aliphatic carbocycles. The highest BCUT2D eigenvalue weighted by Gasteiger charge is 2.34. The van der Waals surface area contributed by atoms with Gasteiger partial charge >= 0.3 is 0 Å². The molecule has 0 bridgehead atoms. The van der Waals surface area contributed by atoms with Gasteiger partial charge in [-0.3, -0.25) is 9.59 Å². The Morgan fingerprint density at radius 1 is 1.42 bits per heavy atom. The van der Waals surface area contributed by atoms with Crippen LogP contribution in [0.4, 0.5) is 0 Å². The summed E-state index contributed by atoms with van der Waals surface area (Å²) in [4.78, 5) is 27.6. The van der Waals surface area contributed by atoms with Crippen LogP contribution >= 0.6 is 0 Å². The maximum absolute atomic E-state index is 12.4. The highest BCUT2D eigenvalue weighted by molar-refractivity contribution is 5.86. The fourth-order valence-corrected chi connectivity index (χ4v) is 3.42. The van der Waals surface area contributed by atoms with Crippen LogP contribution in [-0.2, 0) is 9.59 Å². The number of hydrogen-bond donors (Lipinski definition) is 1. The molecule has 2 unspecified atom stereocenters. The van der Waals surface area contributed by atoms with Gasteiger partial charge in [-0.25, -0.2) is 0 Å². The second-order valence-electron chi connectivity index (χ2n) is 5.59. The van der Waals surface area contributed by atoms with Crippen LogP contribution in [0.2, 0.25) is 0 Å². The number of likely N-dealkylation sites (tertiary alicyclic amines) is 1. The van der Waals surface area contributed by atoms with Crippen molar-refractivity contribution in [3.05, 3.63) is 0 Å². The molecule has 2 N–H and O–H groups in total. The Hall–Kier alpha value is -1.10. The van der Waals surface area contributed by atoms with E-state index in [-0.39, 0.29) is 24.4 Å². The minimum absolute atomic E-state index is 0.0862. The molecule has 2 atom stereocenters. The lowest BCUT2D eigenvalue weighted by molar-refractivity contribution is -0.140. The van der Waals surface area contributed by atoms with Crippen LogP contribution in [-0.4, -0.2) is 53.8 Å². The highest BCUT2D eigenvalue weighted by Crippen LogP contribution is 2.29. The second-order valence-corrected chi connectivity index (χ2v) is 5.59. The van der Waals surface area contributed by atoms with Crippen molar-refractivity contribution in [3.63, 3.8) is 0 Å². The van der Waals surface area contributed by atoms with Gasteiger partial charge in [0.1, 0.15) is 0 Å². The third kappa shape index (κ3) is 3.08. The number of amides is 2. The number of nitrogens with zero attached hydrogens (tertiary/aromatic N) is 2. The van der Waals surface area contributed by atoms with Crippen molar-refractivity contribution in [1.29, 1.82) is 0 Å². The summed E-state index contributed by atoms with van der Waals surface area (Å²) in [6, 6.07) is 0.278. The Morgan fingerprint density at radius 3 is 2.79 bits per heavy atom. The van der Waals surface area contributed by atoms with E-state index in [2.05, 4.69) is 0 Å². The van der Waals surface area contributed by atoms with Crippen molar-refractivity contribution in [2.24, 2.45) is 11.7 Å². The van der Waals surface area contributed by atoms with Gasteiger partial charge in [-0.15, -0.1) is 0 Å². The van der Waals surface area contributed by atoms with E-state index in [1.54, 1.807) is 4.90 Å². The quantitative estimate of drug-likeness (QED) is 0.792. The van der Waals surface area contributed by atoms with Gasteiger partial charge in [-0.1, -0.05) is 6.42 Å². The van der Waals surface area contributed by atoms with Gasteiger partial charge in [0.2, 0.25) is 11.8 Å². The summed E-state index contributed by atoms with van der Waals surface area (Å²) >= 11 is 0. The SMILES string of the molecule is CCN(C(=O)CN1CCCC1=O)C1CCCC1CN. The molecule has 5 heteroatoms. The van der Waals surface area contributed by atoms with Crippen LogP contribution in [0.25, 0.3) is 0 Å². The molecule has 0 radical (unpaired) electrons. The fraction of sp³-hybridized carbons (Fsp3) is 0.857. The molecule has 2 rings (SSSR count). The molecule has 19 heavy (non-hydrogen) atoms. The van der Waals surface area contributed by atoms with Crippen LogP contribution in [0.5, 0.6) is 0 Å². The first-order valence-corrected chi connectivity index (χ1v) is 7.44. The van der Waals surface area contributed by atoms with Gasteiger partial charge in [-0.2, -0.15) is 0 Å². The van der Waals surface area contributed by atoms with Crippen molar-refractivity contribution in [2.45, 2.75) is 45.1 Å². The average molecular weight is 267 g/mol. The minimum Gasteiger partial charge on any atom is -0.338 e. The summed E-state index contributed by atoms with van der Waals surface area (Å²) in [6.07, 6.45) is 4.79. The van der Waals surface area contributed by atoms with E-state index in [4.69, 9.17) is 5.73 Å².